The molecule has 16 heavy (non-hydrogen) atoms. The van der Waals surface area contributed by atoms with Gasteiger partial charge in [0.15, 0.2) is 0 Å². The van der Waals surface area contributed by atoms with Crippen LogP contribution in [0.15, 0.2) is 0 Å². The van der Waals surface area contributed by atoms with Crippen LogP contribution < -0.4 is 0 Å². The number of hydrogen-bond donors (Lipinski definition) is 0. The highest BCUT2D eigenvalue weighted by Gasteiger charge is 2.59. The van der Waals surface area contributed by atoms with E-state index in [2.05, 4.69) is 27.7 Å². The van der Waals surface area contributed by atoms with Gasteiger partial charge in [-0.1, -0.05) is 20.8 Å². The maximum Gasteiger partial charge on any atom is 0.0553 e. The van der Waals surface area contributed by atoms with Crippen molar-refractivity contribution in [2.45, 2.75) is 59.5 Å². The van der Waals surface area contributed by atoms with E-state index in [9.17, 15) is 0 Å². The lowest BCUT2D eigenvalue weighted by molar-refractivity contribution is 0.000316. The van der Waals surface area contributed by atoms with Gasteiger partial charge in [-0.15, -0.1) is 0 Å². The Hall–Kier alpha value is -0.0400. The minimum Gasteiger partial charge on any atom is -0.378 e. The highest BCUT2D eigenvalue weighted by Crippen LogP contribution is 2.65. The molecule has 0 aromatic heterocycles. The number of rotatable bonds is 1. The molecule has 1 aliphatic heterocycles. The van der Waals surface area contributed by atoms with E-state index in [-0.39, 0.29) is 0 Å². The molecule has 0 radical (unpaired) electrons. The second kappa shape index (κ2) is 3.25. The smallest absolute Gasteiger partial charge is 0.0553 e. The van der Waals surface area contributed by atoms with Crippen LogP contribution in [-0.2, 0) is 4.74 Å². The summed E-state index contributed by atoms with van der Waals surface area (Å²) in [5, 5.41) is 0. The van der Waals surface area contributed by atoms with Crippen molar-refractivity contribution in [1.82, 2.24) is 0 Å². The highest BCUT2D eigenvalue weighted by atomic mass is 16.5. The van der Waals surface area contributed by atoms with Gasteiger partial charge >= 0.3 is 0 Å². The first-order chi connectivity index (χ1) is 7.43. The summed E-state index contributed by atoms with van der Waals surface area (Å²) in [5.41, 5.74) is 1.02. The lowest BCUT2D eigenvalue weighted by atomic mass is 9.57. The van der Waals surface area contributed by atoms with Crippen molar-refractivity contribution in [2.75, 3.05) is 6.61 Å². The summed E-state index contributed by atoms with van der Waals surface area (Å²) < 4.78 is 5.88. The van der Waals surface area contributed by atoms with E-state index >= 15 is 0 Å². The predicted octanol–water partition coefficient (Wildman–Crippen LogP) is 3.87. The Morgan fingerprint density at radius 2 is 1.88 bits per heavy atom. The lowest BCUT2D eigenvalue weighted by Crippen LogP contribution is -2.42. The minimum atomic E-state index is 0.461. The summed E-state index contributed by atoms with van der Waals surface area (Å²) in [6.07, 6.45) is 6.25. The van der Waals surface area contributed by atoms with Crippen LogP contribution >= 0.6 is 0 Å². The first kappa shape index (κ1) is 11.1. The predicted molar refractivity (Wildman–Crippen MR) is 66.2 cm³/mol. The zero-order chi connectivity index (χ0) is 11.6. The van der Waals surface area contributed by atoms with Crippen LogP contribution in [0.5, 0.6) is 0 Å². The molecule has 0 aromatic rings. The van der Waals surface area contributed by atoms with Crippen LogP contribution in [0.1, 0.15) is 53.4 Å². The van der Waals surface area contributed by atoms with Gasteiger partial charge in [0.05, 0.1) is 12.7 Å². The Balaban J connectivity index is 1.89. The Morgan fingerprint density at radius 1 is 1.12 bits per heavy atom. The summed E-state index contributed by atoms with van der Waals surface area (Å²) >= 11 is 0. The standard InChI is InChI=1S/C15H26O/c1-10-8-15(4,9-16-10)13-11-5-6-12(7-11)14(13,2)3/h10-13H,5-9H2,1-4H3. The molecular formula is C15H26O. The largest absolute Gasteiger partial charge is 0.378 e. The van der Waals surface area contributed by atoms with Gasteiger partial charge in [0.2, 0.25) is 0 Å². The lowest BCUT2D eigenvalue weighted by Gasteiger charge is -2.47. The molecule has 3 fully saturated rings. The third kappa shape index (κ3) is 1.33. The van der Waals surface area contributed by atoms with Gasteiger partial charge in [-0.05, 0) is 61.2 Å². The molecule has 0 spiro atoms. The maximum atomic E-state index is 5.88. The molecule has 5 unspecified atom stereocenters. The van der Waals surface area contributed by atoms with Crippen molar-refractivity contribution in [3.05, 3.63) is 0 Å². The van der Waals surface area contributed by atoms with E-state index in [0.29, 0.717) is 16.9 Å². The minimum absolute atomic E-state index is 0.461. The summed E-state index contributed by atoms with van der Waals surface area (Å²) in [6, 6.07) is 0. The van der Waals surface area contributed by atoms with Gasteiger partial charge in [-0.2, -0.15) is 0 Å². The summed E-state index contributed by atoms with van der Waals surface area (Å²) in [6.45, 7) is 10.8. The molecule has 5 atom stereocenters. The topological polar surface area (TPSA) is 9.23 Å². The van der Waals surface area contributed by atoms with Crippen LogP contribution in [0.25, 0.3) is 0 Å². The zero-order valence-corrected chi connectivity index (χ0v) is 11.3. The average Bonchev–Trinajstić information content (AvgIpc) is 2.79. The average molecular weight is 222 g/mol. The van der Waals surface area contributed by atoms with E-state index in [4.69, 9.17) is 4.74 Å². The second-order valence-corrected chi connectivity index (χ2v) is 7.55. The summed E-state index contributed by atoms with van der Waals surface area (Å²) in [4.78, 5) is 0. The summed E-state index contributed by atoms with van der Waals surface area (Å²) in [7, 11) is 0. The molecule has 1 saturated heterocycles. The van der Waals surface area contributed by atoms with Gasteiger partial charge in [-0.3, -0.25) is 0 Å². The SMILES string of the molecule is CC1CC(C)(C2C3CCC(C3)C2(C)C)CO1. The van der Waals surface area contributed by atoms with Gasteiger partial charge < -0.3 is 4.74 Å². The molecule has 1 nitrogen and oxygen atoms in total. The fraction of sp³-hybridized carbons (Fsp3) is 1.00. The Morgan fingerprint density at radius 3 is 2.38 bits per heavy atom. The molecule has 3 aliphatic rings. The van der Waals surface area contributed by atoms with E-state index in [1.165, 1.54) is 25.7 Å². The normalized spacial score (nSPS) is 54.8. The van der Waals surface area contributed by atoms with Crippen LogP contribution in [0.4, 0.5) is 0 Å². The van der Waals surface area contributed by atoms with Crippen molar-refractivity contribution in [2.24, 2.45) is 28.6 Å². The van der Waals surface area contributed by atoms with Gasteiger partial charge in [-0.25, -0.2) is 0 Å². The Kier molecular flexibility index (Phi) is 2.25. The number of hydrogen-bond acceptors (Lipinski definition) is 1. The molecular weight excluding hydrogens is 196 g/mol. The van der Waals surface area contributed by atoms with E-state index in [1.54, 1.807) is 0 Å². The fourth-order valence-corrected chi connectivity index (χ4v) is 5.65. The number of fused-ring (bicyclic) bond motifs is 2. The fourth-order valence-electron chi connectivity index (χ4n) is 5.65. The molecule has 2 saturated carbocycles. The molecule has 3 rings (SSSR count). The third-order valence-electron chi connectivity index (χ3n) is 6.00. The van der Waals surface area contributed by atoms with E-state index in [1.807, 2.05) is 0 Å². The Labute approximate surface area is 99.9 Å². The van der Waals surface area contributed by atoms with Gasteiger partial charge in [0.1, 0.15) is 0 Å². The highest BCUT2D eigenvalue weighted by molar-refractivity contribution is 5.08. The first-order valence-electron chi connectivity index (χ1n) is 7.05. The molecule has 1 heteroatoms. The van der Waals surface area contributed by atoms with Crippen LogP contribution in [0.3, 0.4) is 0 Å². The van der Waals surface area contributed by atoms with Crippen molar-refractivity contribution in [3.8, 4) is 0 Å². The van der Waals surface area contributed by atoms with E-state index < -0.39 is 0 Å². The van der Waals surface area contributed by atoms with Crippen LogP contribution in [0.2, 0.25) is 0 Å². The molecule has 2 bridgehead atoms. The number of ether oxygens (including phenoxy) is 1. The summed E-state index contributed by atoms with van der Waals surface area (Å²) in [5.74, 6) is 2.90. The van der Waals surface area contributed by atoms with Crippen molar-refractivity contribution in [3.63, 3.8) is 0 Å². The second-order valence-electron chi connectivity index (χ2n) is 7.55. The zero-order valence-electron chi connectivity index (χ0n) is 11.3. The molecule has 2 aliphatic carbocycles. The molecule has 0 amide bonds. The van der Waals surface area contributed by atoms with Crippen LogP contribution in [-0.4, -0.2) is 12.7 Å². The van der Waals surface area contributed by atoms with Crippen molar-refractivity contribution < 1.29 is 4.74 Å². The molecule has 1 heterocycles. The monoisotopic (exact) mass is 222 g/mol. The molecule has 0 N–H and O–H groups in total. The first-order valence-corrected chi connectivity index (χ1v) is 7.05. The van der Waals surface area contributed by atoms with E-state index in [0.717, 1.165) is 24.4 Å². The van der Waals surface area contributed by atoms with Gasteiger partial charge in [0, 0.05) is 0 Å². The third-order valence-corrected chi connectivity index (χ3v) is 6.00. The van der Waals surface area contributed by atoms with Crippen molar-refractivity contribution >= 4 is 0 Å². The van der Waals surface area contributed by atoms with Gasteiger partial charge in [0.25, 0.3) is 0 Å². The Bertz CT molecular complexity index is 296. The quantitative estimate of drug-likeness (QED) is 0.654. The maximum absolute atomic E-state index is 5.88. The molecule has 0 aromatic carbocycles. The van der Waals surface area contributed by atoms with Crippen LogP contribution in [0, 0.1) is 28.6 Å². The van der Waals surface area contributed by atoms with Crippen molar-refractivity contribution in [1.29, 1.82) is 0 Å². The molecule has 92 valence electrons.